The summed E-state index contributed by atoms with van der Waals surface area (Å²) in [6.07, 6.45) is 4.60. The first-order valence-corrected chi connectivity index (χ1v) is 9.15. The Labute approximate surface area is 151 Å². The molecule has 2 aromatic heterocycles. The van der Waals surface area contributed by atoms with Crippen molar-refractivity contribution in [3.8, 4) is 5.75 Å². The number of nitrogens with zero attached hydrogens (tertiary/aromatic N) is 4. The number of para-hydroxylation sites is 1. The molecule has 0 bridgehead atoms. The van der Waals surface area contributed by atoms with Gasteiger partial charge in [-0.2, -0.15) is 0 Å². The fourth-order valence-electron chi connectivity index (χ4n) is 4.18. The highest BCUT2D eigenvalue weighted by Crippen LogP contribution is 2.39. The fraction of sp³-hybridized carbons (Fsp3) is 0.350. The number of amides is 1. The summed E-state index contributed by atoms with van der Waals surface area (Å²) in [7, 11) is 0. The van der Waals surface area contributed by atoms with Crippen molar-refractivity contribution in [3.63, 3.8) is 0 Å². The molecule has 6 heteroatoms. The molecule has 6 nitrogen and oxygen atoms in total. The molecule has 0 unspecified atom stereocenters. The standard InChI is InChI=1S/C20H20N4O2/c25-20(15-10-13-26-17-8-2-1-6-14(15)17)23-12-5-7-16(23)19-22-21-18-9-3-4-11-24(18)19/h1-4,6,8-9,11,15-16H,5,7,10,12-13H2/t15-,16-/m1/s1. The van der Waals surface area contributed by atoms with E-state index in [-0.39, 0.29) is 17.9 Å². The van der Waals surface area contributed by atoms with E-state index in [0.717, 1.165) is 48.6 Å². The molecule has 3 aromatic rings. The molecule has 2 atom stereocenters. The number of aromatic nitrogens is 3. The number of hydrogen-bond donors (Lipinski definition) is 0. The summed E-state index contributed by atoms with van der Waals surface area (Å²) in [5.41, 5.74) is 1.82. The summed E-state index contributed by atoms with van der Waals surface area (Å²) >= 11 is 0. The van der Waals surface area contributed by atoms with E-state index >= 15 is 0 Å². The van der Waals surface area contributed by atoms with E-state index < -0.39 is 0 Å². The first-order chi connectivity index (χ1) is 12.8. The lowest BCUT2D eigenvalue weighted by molar-refractivity contribution is -0.134. The molecule has 0 spiro atoms. The minimum Gasteiger partial charge on any atom is -0.493 e. The van der Waals surface area contributed by atoms with Crippen molar-refractivity contribution >= 4 is 11.6 Å². The van der Waals surface area contributed by atoms with Gasteiger partial charge in [-0.25, -0.2) is 0 Å². The van der Waals surface area contributed by atoms with Crippen molar-refractivity contribution in [1.29, 1.82) is 0 Å². The Bertz CT molecular complexity index is 967. The van der Waals surface area contributed by atoms with Crippen LogP contribution < -0.4 is 4.74 Å². The zero-order chi connectivity index (χ0) is 17.5. The van der Waals surface area contributed by atoms with Crippen LogP contribution in [0.25, 0.3) is 5.65 Å². The number of fused-ring (bicyclic) bond motifs is 2. The predicted molar refractivity (Wildman–Crippen MR) is 96.0 cm³/mol. The monoisotopic (exact) mass is 348 g/mol. The van der Waals surface area contributed by atoms with Gasteiger partial charge in [0.25, 0.3) is 0 Å². The maximum absolute atomic E-state index is 13.4. The average molecular weight is 348 g/mol. The summed E-state index contributed by atoms with van der Waals surface area (Å²) in [6.45, 7) is 1.35. The Hall–Kier alpha value is -2.89. The van der Waals surface area contributed by atoms with Crippen molar-refractivity contribution < 1.29 is 9.53 Å². The van der Waals surface area contributed by atoms with Gasteiger partial charge >= 0.3 is 0 Å². The van der Waals surface area contributed by atoms with Crippen molar-refractivity contribution in [1.82, 2.24) is 19.5 Å². The van der Waals surface area contributed by atoms with Crippen molar-refractivity contribution in [2.24, 2.45) is 0 Å². The second-order valence-electron chi connectivity index (χ2n) is 6.90. The summed E-state index contributed by atoms with van der Waals surface area (Å²) in [5, 5.41) is 8.65. The van der Waals surface area contributed by atoms with Gasteiger partial charge in [0.05, 0.1) is 18.6 Å². The Morgan fingerprint density at radius 1 is 1.08 bits per heavy atom. The minimum atomic E-state index is -0.139. The number of rotatable bonds is 2. The SMILES string of the molecule is O=C([C@@H]1CCOc2ccccc21)N1CCC[C@@H]1c1nnc2ccccn12. The molecular formula is C20H20N4O2. The third kappa shape index (κ3) is 2.36. The molecule has 0 radical (unpaired) electrons. The minimum absolute atomic E-state index is 0.0186. The lowest BCUT2D eigenvalue weighted by Crippen LogP contribution is -2.37. The van der Waals surface area contributed by atoms with Crippen molar-refractivity contribution in [2.45, 2.75) is 31.2 Å². The first kappa shape index (κ1) is 15.4. The summed E-state index contributed by atoms with van der Waals surface area (Å²) in [5.74, 6) is 1.73. The molecule has 0 aliphatic carbocycles. The van der Waals surface area contributed by atoms with Crippen LogP contribution in [0.3, 0.4) is 0 Å². The smallest absolute Gasteiger partial charge is 0.231 e. The summed E-state index contributed by atoms with van der Waals surface area (Å²) in [4.78, 5) is 15.4. The molecule has 1 saturated heterocycles. The van der Waals surface area contributed by atoms with Crippen LogP contribution in [-0.4, -0.2) is 38.6 Å². The van der Waals surface area contributed by atoms with E-state index in [1.807, 2.05) is 58.0 Å². The lowest BCUT2D eigenvalue weighted by Gasteiger charge is -2.31. The quantitative estimate of drug-likeness (QED) is 0.714. The van der Waals surface area contributed by atoms with E-state index in [0.29, 0.717) is 6.61 Å². The Morgan fingerprint density at radius 2 is 1.96 bits per heavy atom. The maximum atomic E-state index is 13.4. The molecule has 0 N–H and O–H groups in total. The Morgan fingerprint density at radius 3 is 2.92 bits per heavy atom. The van der Waals surface area contributed by atoms with Crippen molar-refractivity contribution in [2.75, 3.05) is 13.2 Å². The Balaban J connectivity index is 1.49. The van der Waals surface area contributed by atoms with Gasteiger partial charge in [-0.1, -0.05) is 24.3 Å². The number of carbonyl (C=O) groups is 1. The number of ether oxygens (including phenoxy) is 1. The van der Waals surface area contributed by atoms with Crippen LogP contribution in [0, 0.1) is 0 Å². The largest absolute Gasteiger partial charge is 0.493 e. The summed E-state index contributed by atoms with van der Waals surface area (Å²) < 4.78 is 7.72. The predicted octanol–water partition coefficient (Wildman–Crippen LogP) is 2.96. The zero-order valence-electron chi connectivity index (χ0n) is 14.4. The normalized spacial score (nSPS) is 22.2. The number of benzene rings is 1. The van der Waals surface area contributed by atoms with Crippen molar-refractivity contribution in [3.05, 3.63) is 60.0 Å². The van der Waals surface area contributed by atoms with Gasteiger partial charge in [-0.3, -0.25) is 9.20 Å². The number of carbonyl (C=O) groups excluding carboxylic acids is 1. The number of pyridine rings is 1. The molecule has 26 heavy (non-hydrogen) atoms. The first-order valence-electron chi connectivity index (χ1n) is 9.15. The van der Waals surface area contributed by atoms with Crippen LogP contribution in [0.4, 0.5) is 0 Å². The van der Waals surface area contributed by atoms with E-state index in [1.54, 1.807) is 0 Å². The highest BCUT2D eigenvalue weighted by Gasteiger charge is 2.38. The van der Waals surface area contributed by atoms with Gasteiger partial charge in [0.1, 0.15) is 5.75 Å². The van der Waals surface area contributed by atoms with E-state index in [9.17, 15) is 4.79 Å². The second kappa shape index (κ2) is 6.12. The van der Waals surface area contributed by atoms with Gasteiger partial charge in [-0.15, -0.1) is 10.2 Å². The van der Waals surface area contributed by atoms with Crippen LogP contribution in [-0.2, 0) is 4.79 Å². The molecule has 2 aliphatic rings. The number of hydrogen-bond acceptors (Lipinski definition) is 4. The number of likely N-dealkylation sites (tertiary alicyclic amines) is 1. The van der Waals surface area contributed by atoms with E-state index in [1.165, 1.54) is 0 Å². The Kier molecular flexibility index (Phi) is 3.62. The topological polar surface area (TPSA) is 59.7 Å². The van der Waals surface area contributed by atoms with E-state index in [4.69, 9.17) is 4.74 Å². The highest BCUT2D eigenvalue weighted by molar-refractivity contribution is 5.85. The molecule has 1 fully saturated rings. The van der Waals surface area contributed by atoms with Gasteiger partial charge < -0.3 is 9.64 Å². The third-order valence-corrected chi connectivity index (χ3v) is 5.43. The van der Waals surface area contributed by atoms with Gasteiger partial charge in [0.15, 0.2) is 11.5 Å². The van der Waals surface area contributed by atoms with Crippen LogP contribution in [0.2, 0.25) is 0 Å². The molecule has 1 aromatic carbocycles. The zero-order valence-corrected chi connectivity index (χ0v) is 14.4. The molecule has 0 saturated carbocycles. The summed E-state index contributed by atoms with van der Waals surface area (Å²) in [6, 6.07) is 13.7. The van der Waals surface area contributed by atoms with Gasteiger partial charge in [-0.05, 0) is 37.5 Å². The van der Waals surface area contributed by atoms with E-state index in [2.05, 4.69) is 10.2 Å². The van der Waals surface area contributed by atoms with Crippen LogP contribution in [0.5, 0.6) is 5.75 Å². The second-order valence-corrected chi connectivity index (χ2v) is 6.90. The van der Waals surface area contributed by atoms with Crippen LogP contribution >= 0.6 is 0 Å². The molecule has 4 heterocycles. The molecule has 1 amide bonds. The maximum Gasteiger partial charge on any atom is 0.231 e. The highest BCUT2D eigenvalue weighted by atomic mass is 16.5. The van der Waals surface area contributed by atoms with Gasteiger partial charge in [0.2, 0.25) is 5.91 Å². The molecular weight excluding hydrogens is 328 g/mol. The van der Waals surface area contributed by atoms with Gasteiger partial charge in [0, 0.05) is 18.3 Å². The lowest BCUT2D eigenvalue weighted by atomic mass is 9.91. The molecule has 2 aliphatic heterocycles. The molecule has 5 rings (SSSR count). The van der Waals surface area contributed by atoms with Crippen LogP contribution in [0.15, 0.2) is 48.7 Å². The molecule has 132 valence electrons. The van der Waals surface area contributed by atoms with Crippen LogP contribution in [0.1, 0.15) is 42.6 Å². The third-order valence-electron chi connectivity index (χ3n) is 5.43. The average Bonchev–Trinajstić information content (AvgIpc) is 3.33. The fourth-order valence-corrected chi connectivity index (χ4v) is 4.18.